The summed E-state index contributed by atoms with van der Waals surface area (Å²) in [5, 5.41) is 7.35. The molecule has 4 rings (SSSR count). The number of rotatable bonds is 6. The van der Waals surface area contributed by atoms with E-state index < -0.39 is 23.9 Å². The molecule has 166 valence electrons. The van der Waals surface area contributed by atoms with Crippen molar-refractivity contribution in [3.8, 4) is 5.69 Å². The monoisotopic (exact) mass is 435 g/mol. The largest absolute Gasteiger partial charge is 0.455 e. The first-order valence-electron chi connectivity index (χ1n) is 10.7. The van der Waals surface area contributed by atoms with Crippen molar-refractivity contribution in [1.82, 2.24) is 9.78 Å². The molecule has 0 radical (unpaired) electrons. The summed E-state index contributed by atoms with van der Waals surface area (Å²) >= 11 is 0. The third-order valence-electron chi connectivity index (χ3n) is 6.16. The Morgan fingerprint density at radius 1 is 1.06 bits per heavy atom. The fourth-order valence-corrected chi connectivity index (χ4v) is 4.12. The lowest BCUT2D eigenvalue weighted by Gasteiger charge is -2.39. The van der Waals surface area contributed by atoms with Gasteiger partial charge in [-0.05, 0) is 63.4 Å². The fourth-order valence-electron chi connectivity index (χ4n) is 4.12. The number of aryl methyl sites for hydroxylation is 2. The average molecular weight is 435 g/mol. The van der Waals surface area contributed by atoms with Gasteiger partial charge >= 0.3 is 5.97 Å². The van der Waals surface area contributed by atoms with Crippen molar-refractivity contribution >= 4 is 17.6 Å². The molecular formula is C25H26FN3O3. The summed E-state index contributed by atoms with van der Waals surface area (Å²) in [5.41, 5.74) is 4.03. The van der Waals surface area contributed by atoms with Crippen molar-refractivity contribution in [2.24, 2.45) is 0 Å². The summed E-state index contributed by atoms with van der Waals surface area (Å²) in [6.45, 7) is 5.31. The molecule has 32 heavy (non-hydrogen) atoms. The number of nitrogens with zero attached hydrogens (tertiary/aromatic N) is 2. The maximum Gasteiger partial charge on any atom is 0.317 e. The van der Waals surface area contributed by atoms with Crippen molar-refractivity contribution in [3.63, 3.8) is 0 Å². The molecule has 1 N–H and O–H groups in total. The quantitative estimate of drug-likeness (QED) is 0.577. The lowest BCUT2D eigenvalue weighted by Crippen LogP contribution is -2.44. The van der Waals surface area contributed by atoms with Gasteiger partial charge in [0.2, 0.25) is 0 Å². The van der Waals surface area contributed by atoms with E-state index >= 15 is 0 Å². The SMILES string of the molecule is Cc1ccc(-n2nc(C)c(NC(=O)COC(=O)C3(c4ccc(F)cc4)CCC3)c2C)cc1. The summed E-state index contributed by atoms with van der Waals surface area (Å²) in [6, 6.07) is 13.8. The highest BCUT2D eigenvalue weighted by atomic mass is 19.1. The summed E-state index contributed by atoms with van der Waals surface area (Å²) in [4.78, 5) is 25.4. The van der Waals surface area contributed by atoms with Gasteiger partial charge < -0.3 is 10.1 Å². The number of aromatic nitrogens is 2. The zero-order valence-electron chi connectivity index (χ0n) is 18.4. The Balaban J connectivity index is 1.42. The van der Waals surface area contributed by atoms with Crippen LogP contribution in [0.1, 0.15) is 41.8 Å². The van der Waals surface area contributed by atoms with Gasteiger partial charge in [-0.25, -0.2) is 9.07 Å². The Morgan fingerprint density at radius 3 is 2.31 bits per heavy atom. The molecule has 0 spiro atoms. The van der Waals surface area contributed by atoms with Gasteiger partial charge in [-0.3, -0.25) is 9.59 Å². The van der Waals surface area contributed by atoms with Crippen LogP contribution in [0.15, 0.2) is 48.5 Å². The normalized spacial score (nSPS) is 14.5. The molecule has 0 saturated heterocycles. The van der Waals surface area contributed by atoms with E-state index in [0.717, 1.165) is 28.9 Å². The number of carbonyl (C=O) groups excluding carboxylic acids is 2. The molecule has 7 heteroatoms. The standard InChI is InChI=1S/C25H26FN3O3/c1-16-5-11-21(12-6-16)29-18(3)23(17(2)28-29)27-22(30)15-32-24(31)25(13-4-14-25)19-7-9-20(26)10-8-19/h5-12H,4,13-15H2,1-3H3,(H,27,30). The average Bonchev–Trinajstić information content (AvgIpc) is 3.01. The number of anilines is 1. The van der Waals surface area contributed by atoms with Crippen LogP contribution in [0.25, 0.3) is 5.69 Å². The second-order valence-corrected chi connectivity index (χ2v) is 8.36. The highest BCUT2D eigenvalue weighted by molar-refractivity contribution is 5.95. The van der Waals surface area contributed by atoms with Crippen LogP contribution in [0.5, 0.6) is 0 Å². The summed E-state index contributed by atoms with van der Waals surface area (Å²) in [5.74, 6) is -1.23. The first-order chi connectivity index (χ1) is 15.3. The van der Waals surface area contributed by atoms with Crippen LogP contribution in [0.4, 0.5) is 10.1 Å². The van der Waals surface area contributed by atoms with Gasteiger partial charge in [0.05, 0.1) is 28.2 Å². The van der Waals surface area contributed by atoms with E-state index in [1.165, 1.54) is 12.1 Å². The molecule has 3 aromatic rings. The molecule has 0 atom stereocenters. The highest BCUT2D eigenvalue weighted by Crippen LogP contribution is 2.44. The van der Waals surface area contributed by atoms with E-state index in [4.69, 9.17) is 4.74 Å². The minimum absolute atomic E-state index is 0.354. The van der Waals surface area contributed by atoms with E-state index in [1.807, 2.05) is 45.0 Å². The molecule has 1 amide bonds. The van der Waals surface area contributed by atoms with Gasteiger partial charge in [0.1, 0.15) is 5.82 Å². The van der Waals surface area contributed by atoms with E-state index in [-0.39, 0.29) is 5.82 Å². The summed E-state index contributed by atoms with van der Waals surface area (Å²) < 4.78 is 20.4. The Hall–Kier alpha value is -3.48. The first kappa shape index (κ1) is 21.7. The number of hydrogen-bond acceptors (Lipinski definition) is 4. The van der Waals surface area contributed by atoms with Gasteiger partial charge in [0, 0.05) is 0 Å². The zero-order valence-corrected chi connectivity index (χ0v) is 18.4. The molecule has 1 aliphatic rings. The third kappa shape index (κ3) is 4.02. The minimum atomic E-state index is -0.795. The molecule has 2 aromatic carbocycles. The molecule has 0 unspecified atom stereocenters. The van der Waals surface area contributed by atoms with E-state index in [9.17, 15) is 14.0 Å². The van der Waals surface area contributed by atoms with Crippen LogP contribution in [-0.4, -0.2) is 28.3 Å². The number of esters is 1. The van der Waals surface area contributed by atoms with Gasteiger partial charge in [0.25, 0.3) is 5.91 Å². The lowest BCUT2D eigenvalue weighted by atomic mass is 9.64. The topological polar surface area (TPSA) is 73.2 Å². The number of nitrogens with one attached hydrogen (secondary N) is 1. The van der Waals surface area contributed by atoms with E-state index in [0.29, 0.717) is 24.2 Å². The Labute approximate surface area is 186 Å². The summed E-state index contributed by atoms with van der Waals surface area (Å²) in [6.07, 6.45) is 2.14. The van der Waals surface area contributed by atoms with Crippen molar-refractivity contribution < 1.29 is 18.7 Å². The number of halogens is 1. The number of ether oxygens (including phenoxy) is 1. The minimum Gasteiger partial charge on any atom is -0.455 e. The maximum absolute atomic E-state index is 13.3. The molecule has 6 nitrogen and oxygen atoms in total. The van der Waals surface area contributed by atoms with E-state index in [1.54, 1.807) is 16.8 Å². The van der Waals surface area contributed by atoms with Crippen LogP contribution in [0.2, 0.25) is 0 Å². The predicted octanol–water partition coefficient (Wildman–Crippen LogP) is 4.54. The van der Waals surface area contributed by atoms with Gasteiger partial charge in [-0.2, -0.15) is 5.10 Å². The van der Waals surface area contributed by atoms with Gasteiger partial charge in [-0.1, -0.05) is 36.2 Å². The molecule has 1 heterocycles. The van der Waals surface area contributed by atoms with Crippen molar-refractivity contribution in [2.45, 2.75) is 45.4 Å². The van der Waals surface area contributed by atoms with Gasteiger partial charge in [-0.15, -0.1) is 0 Å². The molecule has 1 aliphatic carbocycles. The van der Waals surface area contributed by atoms with Crippen molar-refractivity contribution in [3.05, 3.63) is 76.9 Å². The fraction of sp³-hybridized carbons (Fsp3) is 0.320. The second-order valence-electron chi connectivity index (χ2n) is 8.36. The predicted molar refractivity (Wildman–Crippen MR) is 119 cm³/mol. The lowest BCUT2D eigenvalue weighted by molar-refractivity contribution is -0.156. The maximum atomic E-state index is 13.3. The molecule has 0 bridgehead atoms. The van der Waals surface area contributed by atoms with Crippen LogP contribution in [0, 0.1) is 26.6 Å². The van der Waals surface area contributed by atoms with Crippen LogP contribution < -0.4 is 5.32 Å². The highest BCUT2D eigenvalue weighted by Gasteiger charge is 2.47. The zero-order chi connectivity index (χ0) is 22.9. The Morgan fingerprint density at radius 2 is 1.72 bits per heavy atom. The second kappa shape index (κ2) is 8.57. The van der Waals surface area contributed by atoms with Crippen LogP contribution >= 0.6 is 0 Å². The first-order valence-corrected chi connectivity index (χ1v) is 10.7. The third-order valence-corrected chi connectivity index (χ3v) is 6.16. The molecule has 1 saturated carbocycles. The number of carbonyl (C=O) groups is 2. The van der Waals surface area contributed by atoms with Crippen molar-refractivity contribution in [2.75, 3.05) is 11.9 Å². The summed E-state index contributed by atoms with van der Waals surface area (Å²) in [7, 11) is 0. The smallest absolute Gasteiger partial charge is 0.317 e. The van der Waals surface area contributed by atoms with Gasteiger partial charge in [0.15, 0.2) is 6.61 Å². The van der Waals surface area contributed by atoms with E-state index in [2.05, 4.69) is 10.4 Å². The molecule has 1 fully saturated rings. The molecular weight excluding hydrogens is 409 g/mol. The Kier molecular flexibility index (Phi) is 5.82. The van der Waals surface area contributed by atoms with Crippen LogP contribution in [0.3, 0.4) is 0 Å². The number of benzene rings is 2. The molecule has 0 aliphatic heterocycles. The number of hydrogen-bond donors (Lipinski definition) is 1. The molecule has 1 aromatic heterocycles. The number of amides is 1. The van der Waals surface area contributed by atoms with Crippen molar-refractivity contribution in [1.29, 1.82) is 0 Å². The van der Waals surface area contributed by atoms with Crippen LogP contribution in [-0.2, 0) is 19.7 Å². The Bertz CT molecular complexity index is 1150.